The quantitative estimate of drug-likeness (QED) is 0.792. The van der Waals surface area contributed by atoms with Crippen molar-refractivity contribution in [1.29, 1.82) is 0 Å². The monoisotopic (exact) mass is 255 g/mol. The molecular weight excluding hydrogens is 238 g/mol. The Labute approximate surface area is 113 Å². The second kappa shape index (κ2) is 5.07. The van der Waals surface area contributed by atoms with Crippen LogP contribution >= 0.6 is 11.8 Å². The molecule has 0 saturated carbocycles. The zero-order chi connectivity index (χ0) is 12.4. The molecule has 1 atom stereocenters. The Kier molecular flexibility index (Phi) is 3.28. The SMILES string of the molecule is CSc1ccc(C2CCc3ccccc3N2)cc1. The molecule has 1 heterocycles. The van der Waals surface area contributed by atoms with E-state index in [0.29, 0.717) is 6.04 Å². The van der Waals surface area contributed by atoms with E-state index in [9.17, 15) is 0 Å². The fourth-order valence-electron chi connectivity index (χ4n) is 2.53. The number of rotatable bonds is 2. The molecule has 0 amide bonds. The molecule has 0 aliphatic carbocycles. The van der Waals surface area contributed by atoms with E-state index >= 15 is 0 Å². The fraction of sp³-hybridized carbons (Fsp3) is 0.250. The molecular formula is C16H17NS. The highest BCUT2D eigenvalue weighted by molar-refractivity contribution is 7.98. The van der Waals surface area contributed by atoms with E-state index in [-0.39, 0.29) is 0 Å². The van der Waals surface area contributed by atoms with Gasteiger partial charge in [-0.25, -0.2) is 0 Å². The lowest BCUT2D eigenvalue weighted by molar-refractivity contribution is 0.667. The molecule has 3 rings (SSSR count). The van der Waals surface area contributed by atoms with E-state index in [1.54, 1.807) is 11.8 Å². The molecule has 1 N–H and O–H groups in total. The smallest absolute Gasteiger partial charge is 0.0517 e. The van der Waals surface area contributed by atoms with Gasteiger partial charge in [0.1, 0.15) is 0 Å². The maximum atomic E-state index is 3.64. The Morgan fingerprint density at radius 2 is 1.83 bits per heavy atom. The summed E-state index contributed by atoms with van der Waals surface area (Å²) in [5, 5.41) is 3.64. The van der Waals surface area contributed by atoms with Crippen LogP contribution in [0.15, 0.2) is 53.4 Å². The number of nitrogens with one attached hydrogen (secondary N) is 1. The molecule has 1 unspecified atom stereocenters. The number of aryl methyl sites for hydroxylation is 1. The number of hydrogen-bond acceptors (Lipinski definition) is 2. The molecule has 2 aromatic carbocycles. The molecule has 0 radical (unpaired) electrons. The predicted molar refractivity (Wildman–Crippen MR) is 79.3 cm³/mol. The molecule has 0 saturated heterocycles. The first-order chi connectivity index (χ1) is 8.86. The van der Waals surface area contributed by atoms with E-state index in [4.69, 9.17) is 0 Å². The average molecular weight is 255 g/mol. The number of para-hydroxylation sites is 1. The molecule has 1 nitrogen and oxygen atoms in total. The Bertz CT molecular complexity index is 533. The summed E-state index contributed by atoms with van der Waals surface area (Å²) in [6.45, 7) is 0. The van der Waals surface area contributed by atoms with Crippen molar-refractivity contribution >= 4 is 17.4 Å². The molecule has 2 aromatic rings. The first kappa shape index (κ1) is 11.7. The predicted octanol–water partition coefficient (Wildman–Crippen LogP) is 4.51. The molecule has 92 valence electrons. The second-order valence-electron chi connectivity index (χ2n) is 4.67. The van der Waals surface area contributed by atoms with Crippen LogP contribution in [-0.2, 0) is 6.42 Å². The van der Waals surface area contributed by atoms with Crippen molar-refractivity contribution in [3.05, 3.63) is 59.7 Å². The third kappa shape index (κ3) is 2.25. The first-order valence-corrected chi connectivity index (χ1v) is 7.57. The molecule has 2 heteroatoms. The van der Waals surface area contributed by atoms with Crippen molar-refractivity contribution in [3.63, 3.8) is 0 Å². The average Bonchev–Trinajstić information content (AvgIpc) is 2.47. The van der Waals surface area contributed by atoms with Gasteiger partial charge in [0.05, 0.1) is 6.04 Å². The molecule has 1 aliphatic heterocycles. The number of fused-ring (bicyclic) bond motifs is 1. The van der Waals surface area contributed by atoms with Gasteiger partial charge in [0.2, 0.25) is 0 Å². The van der Waals surface area contributed by atoms with Crippen molar-refractivity contribution in [2.75, 3.05) is 11.6 Å². The van der Waals surface area contributed by atoms with Gasteiger partial charge in [0.15, 0.2) is 0 Å². The normalized spacial score (nSPS) is 17.9. The van der Waals surface area contributed by atoms with Gasteiger partial charge >= 0.3 is 0 Å². The summed E-state index contributed by atoms with van der Waals surface area (Å²) in [6.07, 6.45) is 4.46. The topological polar surface area (TPSA) is 12.0 Å². The molecule has 0 aromatic heterocycles. The largest absolute Gasteiger partial charge is 0.378 e. The van der Waals surface area contributed by atoms with Crippen molar-refractivity contribution in [2.24, 2.45) is 0 Å². The molecule has 18 heavy (non-hydrogen) atoms. The van der Waals surface area contributed by atoms with Crippen molar-refractivity contribution in [3.8, 4) is 0 Å². The molecule has 0 bridgehead atoms. The zero-order valence-electron chi connectivity index (χ0n) is 10.5. The highest BCUT2D eigenvalue weighted by atomic mass is 32.2. The van der Waals surface area contributed by atoms with Crippen LogP contribution in [0.5, 0.6) is 0 Å². The van der Waals surface area contributed by atoms with E-state index in [2.05, 4.69) is 60.1 Å². The lowest BCUT2D eigenvalue weighted by Gasteiger charge is -2.27. The van der Waals surface area contributed by atoms with Crippen molar-refractivity contribution < 1.29 is 0 Å². The van der Waals surface area contributed by atoms with Gasteiger partial charge in [-0.1, -0.05) is 30.3 Å². The van der Waals surface area contributed by atoms with E-state index in [0.717, 1.165) is 6.42 Å². The summed E-state index contributed by atoms with van der Waals surface area (Å²) in [6, 6.07) is 18.0. The maximum absolute atomic E-state index is 3.64. The second-order valence-corrected chi connectivity index (χ2v) is 5.55. The van der Waals surface area contributed by atoms with Crippen LogP contribution in [-0.4, -0.2) is 6.26 Å². The Hall–Kier alpha value is -1.41. The van der Waals surface area contributed by atoms with Crippen LogP contribution in [0.1, 0.15) is 23.6 Å². The molecule has 1 aliphatic rings. The highest BCUT2D eigenvalue weighted by Gasteiger charge is 2.18. The summed E-state index contributed by atoms with van der Waals surface area (Å²) >= 11 is 1.79. The van der Waals surface area contributed by atoms with Crippen LogP contribution in [0.3, 0.4) is 0 Å². The van der Waals surface area contributed by atoms with E-state index < -0.39 is 0 Å². The van der Waals surface area contributed by atoms with E-state index in [1.807, 2.05) is 0 Å². The number of benzene rings is 2. The minimum Gasteiger partial charge on any atom is -0.378 e. The van der Waals surface area contributed by atoms with Crippen LogP contribution in [0.4, 0.5) is 5.69 Å². The van der Waals surface area contributed by atoms with Crippen LogP contribution in [0.2, 0.25) is 0 Å². The third-order valence-electron chi connectivity index (χ3n) is 3.57. The van der Waals surface area contributed by atoms with Crippen molar-refractivity contribution in [1.82, 2.24) is 0 Å². The molecule has 0 fully saturated rings. The first-order valence-electron chi connectivity index (χ1n) is 6.35. The maximum Gasteiger partial charge on any atom is 0.0517 e. The Morgan fingerprint density at radius 3 is 2.61 bits per heavy atom. The minimum absolute atomic E-state index is 0.454. The number of thioether (sulfide) groups is 1. The van der Waals surface area contributed by atoms with Gasteiger partial charge in [0.25, 0.3) is 0 Å². The number of anilines is 1. The summed E-state index contributed by atoms with van der Waals surface area (Å²) in [5.41, 5.74) is 4.12. The van der Waals surface area contributed by atoms with Gasteiger partial charge in [-0.15, -0.1) is 11.8 Å². The summed E-state index contributed by atoms with van der Waals surface area (Å²) in [5.74, 6) is 0. The van der Waals surface area contributed by atoms with Gasteiger partial charge in [0, 0.05) is 10.6 Å². The highest BCUT2D eigenvalue weighted by Crippen LogP contribution is 2.32. The zero-order valence-corrected chi connectivity index (χ0v) is 11.3. The summed E-state index contributed by atoms with van der Waals surface area (Å²) in [7, 11) is 0. The van der Waals surface area contributed by atoms with Gasteiger partial charge in [-0.3, -0.25) is 0 Å². The van der Waals surface area contributed by atoms with E-state index in [1.165, 1.54) is 28.1 Å². The van der Waals surface area contributed by atoms with Gasteiger partial charge < -0.3 is 5.32 Å². The van der Waals surface area contributed by atoms with Crippen LogP contribution < -0.4 is 5.32 Å². The Morgan fingerprint density at radius 1 is 1.06 bits per heavy atom. The minimum atomic E-state index is 0.454. The summed E-state index contributed by atoms with van der Waals surface area (Å²) < 4.78 is 0. The lowest BCUT2D eigenvalue weighted by Crippen LogP contribution is -2.17. The van der Waals surface area contributed by atoms with Gasteiger partial charge in [-0.2, -0.15) is 0 Å². The van der Waals surface area contributed by atoms with Crippen LogP contribution in [0.25, 0.3) is 0 Å². The van der Waals surface area contributed by atoms with Crippen LogP contribution in [0, 0.1) is 0 Å². The Balaban J connectivity index is 1.82. The van der Waals surface area contributed by atoms with Crippen molar-refractivity contribution in [2.45, 2.75) is 23.8 Å². The fourth-order valence-corrected chi connectivity index (χ4v) is 2.93. The standard InChI is InChI=1S/C16H17NS/c1-18-14-9-6-13(7-10-14)16-11-8-12-4-2-3-5-15(12)17-16/h2-7,9-10,16-17H,8,11H2,1H3. The lowest BCUT2D eigenvalue weighted by atomic mass is 9.93. The van der Waals surface area contributed by atoms with Gasteiger partial charge in [-0.05, 0) is 48.4 Å². The number of hydrogen-bond donors (Lipinski definition) is 1. The molecule has 0 spiro atoms. The summed E-state index contributed by atoms with van der Waals surface area (Å²) in [4.78, 5) is 1.33. The third-order valence-corrected chi connectivity index (χ3v) is 4.31.